The van der Waals surface area contributed by atoms with Gasteiger partial charge in [-0.25, -0.2) is 4.79 Å². The summed E-state index contributed by atoms with van der Waals surface area (Å²) in [5, 5.41) is 20.3. The van der Waals surface area contributed by atoms with Crippen LogP contribution in [0.15, 0.2) is 0 Å². The van der Waals surface area contributed by atoms with Gasteiger partial charge in [-0.15, -0.1) is 0 Å². The summed E-state index contributed by atoms with van der Waals surface area (Å²) in [5.74, 6) is 0.0150. The minimum Gasteiger partial charge on any atom is -0.465 e. The third kappa shape index (κ3) is 7.78. The Bertz CT molecular complexity index is 276. The summed E-state index contributed by atoms with van der Waals surface area (Å²) < 4.78 is 0. The fraction of sp³-hybridized carbons (Fsp3) is 0.700. The normalized spacial score (nSPS) is 12.0. The lowest BCUT2D eigenvalue weighted by Crippen LogP contribution is -2.40. The van der Waals surface area contributed by atoms with E-state index in [0.29, 0.717) is 12.3 Å². The van der Waals surface area contributed by atoms with Gasteiger partial charge in [0.2, 0.25) is 5.91 Å². The van der Waals surface area contributed by atoms with Crippen LogP contribution in [-0.4, -0.2) is 29.0 Å². The average Bonchev–Trinajstić information content (AvgIpc) is 1.97. The standard InChI is InChI=1S/C10H19N3O3/c1-6(2)4-8(13-10(15)16)5-9(14)12-7(3)11/h6,8,13H,4-5H2,1-3H3,(H,15,16)(H2,11,12,14). The molecule has 0 aromatic carbocycles. The molecule has 0 aromatic rings. The first kappa shape index (κ1) is 14.4. The van der Waals surface area contributed by atoms with Crippen molar-refractivity contribution < 1.29 is 14.7 Å². The molecule has 0 saturated heterocycles. The van der Waals surface area contributed by atoms with Crippen molar-refractivity contribution in [2.45, 2.75) is 39.7 Å². The highest BCUT2D eigenvalue weighted by Crippen LogP contribution is 2.07. The Morgan fingerprint density at radius 3 is 2.31 bits per heavy atom. The van der Waals surface area contributed by atoms with Gasteiger partial charge in [-0.05, 0) is 19.3 Å². The third-order valence-corrected chi connectivity index (χ3v) is 1.84. The molecule has 0 aliphatic rings. The average molecular weight is 229 g/mol. The van der Waals surface area contributed by atoms with Gasteiger partial charge in [-0.3, -0.25) is 10.2 Å². The smallest absolute Gasteiger partial charge is 0.404 e. The molecule has 0 heterocycles. The lowest BCUT2D eigenvalue weighted by Gasteiger charge is -2.18. The molecule has 0 radical (unpaired) electrons. The van der Waals surface area contributed by atoms with Gasteiger partial charge in [0.1, 0.15) is 0 Å². The van der Waals surface area contributed by atoms with E-state index in [1.807, 2.05) is 13.8 Å². The van der Waals surface area contributed by atoms with E-state index in [-0.39, 0.29) is 18.2 Å². The number of nitrogens with one attached hydrogen (secondary N) is 3. The maximum absolute atomic E-state index is 11.3. The Labute approximate surface area is 94.9 Å². The number of hydrogen-bond acceptors (Lipinski definition) is 3. The Kier molecular flexibility index (Phi) is 6.14. The fourth-order valence-electron chi connectivity index (χ4n) is 1.42. The molecule has 2 amide bonds. The molecule has 1 unspecified atom stereocenters. The Balaban J connectivity index is 4.24. The molecule has 0 aliphatic carbocycles. The molecular weight excluding hydrogens is 210 g/mol. The second kappa shape index (κ2) is 6.81. The van der Waals surface area contributed by atoms with Crippen LogP contribution >= 0.6 is 0 Å². The molecule has 4 N–H and O–H groups in total. The molecule has 0 fully saturated rings. The van der Waals surface area contributed by atoms with Gasteiger partial charge in [0, 0.05) is 12.5 Å². The van der Waals surface area contributed by atoms with Gasteiger partial charge < -0.3 is 15.7 Å². The molecule has 0 bridgehead atoms. The van der Waals surface area contributed by atoms with Gasteiger partial charge in [0.15, 0.2) is 0 Å². The number of hydrogen-bond donors (Lipinski definition) is 4. The molecule has 1 atom stereocenters. The van der Waals surface area contributed by atoms with Crippen LogP contribution in [0.3, 0.4) is 0 Å². The van der Waals surface area contributed by atoms with E-state index < -0.39 is 12.1 Å². The van der Waals surface area contributed by atoms with Gasteiger partial charge in [0.25, 0.3) is 0 Å². The first-order valence-electron chi connectivity index (χ1n) is 5.15. The number of carbonyl (C=O) groups is 2. The Morgan fingerprint density at radius 1 is 1.38 bits per heavy atom. The first-order valence-corrected chi connectivity index (χ1v) is 5.15. The van der Waals surface area contributed by atoms with Gasteiger partial charge >= 0.3 is 6.09 Å². The summed E-state index contributed by atoms with van der Waals surface area (Å²) in [7, 11) is 0. The summed E-state index contributed by atoms with van der Waals surface area (Å²) >= 11 is 0. The number of amidine groups is 1. The van der Waals surface area contributed by atoms with E-state index in [0.717, 1.165) is 0 Å². The highest BCUT2D eigenvalue weighted by atomic mass is 16.4. The van der Waals surface area contributed by atoms with Crippen LogP contribution in [0.4, 0.5) is 4.79 Å². The van der Waals surface area contributed by atoms with E-state index in [2.05, 4.69) is 10.6 Å². The quantitative estimate of drug-likeness (QED) is 0.420. The van der Waals surface area contributed by atoms with Crippen molar-refractivity contribution in [3.63, 3.8) is 0 Å². The second-order valence-corrected chi connectivity index (χ2v) is 4.15. The van der Waals surface area contributed by atoms with Crippen molar-refractivity contribution in [3.8, 4) is 0 Å². The van der Waals surface area contributed by atoms with E-state index in [4.69, 9.17) is 10.5 Å². The Hall–Kier alpha value is -1.59. The van der Waals surface area contributed by atoms with E-state index >= 15 is 0 Å². The summed E-state index contributed by atoms with van der Waals surface area (Å²) in [6.07, 6.45) is -0.484. The molecule has 0 aromatic heterocycles. The lowest BCUT2D eigenvalue weighted by atomic mass is 10.0. The minimum absolute atomic E-state index is 0.0562. The summed E-state index contributed by atoms with van der Waals surface area (Å²) in [4.78, 5) is 21.9. The van der Waals surface area contributed by atoms with Crippen LogP contribution in [0.1, 0.15) is 33.6 Å². The van der Waals surface area contributed by atoms with Gasteiger partial charge in [-0.2, -0.15) is 0 Å². The summed E-state index contributed by atoms with van der Waals surface area (Å²) in [6, 6.07) is -0.406. The van der Waals surface area contributed by atoms with Crippen LogP contribution < -0.4 is 10.6 Å². The van der Waals surface area contributed by atoms with Crippen molar-refractivity contribution in [1.82, 2.24) is 10.6 Å². The van der Waals surface area contributed by atoms with Gasteiger partial charge in [0.05, 0.1) is 5.84 Å². The van der Waals surface area contributed by atoms with Crippen molar-refractivity contribution in [2.24, 2.45) is 5.92 Å². The zero-order valence-corrected chi connectivity index (χ0v) is 9.83. The van der Waals surface area contributed by atoms with E-state index in [1.165, 1.54) is 6.92 Å². The van der Waals surface area contributed by atoms with Crippen LogP contribution in [-0.2, 0) is 4.79 Å². The summed E-state index contributed by atoms with van der Waals surface area (Å²) in [6.45, 7) is 5.37. The lowest BCUT2D eigenvalue weighted by molar-refractivity contribution is -0.120. The number of amides is 2. The van der Waals surface area contributed by atoms with E-state index in [1.54, 1.807) is 0 Å². The number of rotatable bonds is 5. The van der Waals surface area contributed by atoms with Crippen molar-refractivity contribution >= 4 is 17.8 Å². The van der Waals surface area contributed by atoms with E-state index in [9.17, 15) is 9.59 Å². The fourth-order valence-corrected chi connectivity index (χ4v) is 1.42. The SMILES string of the molecule is CC(=N)NC(=O)CC(CC(C)C)NC(=O)O. The number of carboxylic acid groups (broad SMARTS) is 1. The van der Waals surface area contributed by atoms with Crippen LogP contribution in [0, 0.1) is 11.3 Å². The zero-order chi connectivity index (χ0) is 12.7. The van der Waals surface area contributed by atoms with Crippen molar-refractivity contribution in [1.29, 1.82) is 5.41 Å². The highest BCUT2D eigenvalue weighted by Gasteiger charge is 2.17. The highest BCUT2D eigenvalue weighted by molar-refractivity contribution is 5.95. The molecule has 92 valence electrons. The van der Waals surface area contributed by atoms with Crippen LogP contribution in [0.5, 0.6) is 0 Å². The maximum Gasteiger partial charge on any atom is 0.404 e. The first-order chi connectivity index (χ1) is 7.31. The molecular formula is C10H19N3O3. The number of carbonyl (C=O) groups excluding carboxylic acids is 1. The largest absolute Gasteiger partial charge is 0.465 e. The van der Waals surface area contributed by atoms with Gasteiger partial charge in [-0.1, -0.05) is 13.8 Å². The predicted molar refractivity (Wildman–Crippen MR) is 60.6 cm³/mol. The maximum atomic E-state index is 11.3. The van der Waals surface area contributed by atoms with Crippen molar-refractivity contribution in [2.75, 3.05) is 0 Å². The second-order valence-electron chi connectivity index (χ2n) is 4.15. The third-order valence-electron chi connectivity index (χ3n) is 1.84. The molecule has 0 saturated carbocycles. The predicted octanol–water partition coefficient (Wildman–Crippen LogP) is 1.17. The molecule has 0 spiro atoms. The van der Waals surface area contributed by atoms with Crippen LogP contribution in [0.2, 0.25) is 0 Å². The minimum atomic E-state index is -1.13. The monoisotopic (exact) mass is 229 g/mol. The molecule has 6 nitrogen and oxygen atoms in total. The molecule has 0 aliphatic heterocycles. The summed E-state index contributed by atoms with van der Waals surface area (Å²) in [5.41, 5.74) is 0. The van der Waals surface area contributed by atoms with Crippen molar-refractivity contribution in [3.05, 3.63) is 0 Å². The molecule has 6 heteroatoms. The zero-order valence-electron chi connectivity index (χ0n) is 9.83. The topological polar surface area (TPSA) is 102 Å². The van der Waals surface area contributed by atoms with Crippen LogP contribution in [0.25, 0.3) is 0 Å². The Morgan fingerprint density at radius 2 is 1.94 bits per heavy atom. The molecule has 0 rings (SSSR count). The molecule has 16 heavy (non-hydrogen) atoms.